The zero-order valence-corrected chi connectivity index (χ0v) is 22.1. The first-order valence-corrected chi connectivity index (χ1v) is 12.3. The Morgan fingerprint density at radius 3 is 2.23 bits per heavy atom. The van der Waals surface area contributed by atoms with Crippen LogP contribution >= 0.6 is 0 Å². The van der Waals surface area contributed by atoms with Gasteiger partial charge in [0.1, 0.15) is 30.2 Å². The first-order valence-electron chi connectivity index (χ1n) is 12.3. The highest BCUT2D eigenvalue weighted by Gasteiger charge is 2.41. The Balaban J connectivity index is 1.92. The second-order valence-corrected chi connectivity index (χ2v) is 9.05. The summed E-state index contributed by atoms with van der Waals surface area (Å²) in [6.07, 6.45) is -0.429. The number of amidine groups is 1. The molecule has 0 aliphatic carbocycles. The van der Waals surface area contributed by atoms with E-state index in [2.05, 4.69) is 5.32 Å². The number of nitrogen functional groups attached to an aromatic ring is 1. The topological polar surface area (TPSA) is 192 Å². The number of carbonyl (C=O) groups excluding carboxylic acids is 4. The average Bonchev–Trinajstić information content (AvgIpc) is 2.94. The Morgan fingerprint density at radius 1 is 1.05 bits per heavy atom. The number of nitrogens with two attached hydrogens (primary N) is 1. The number of carboxylic acid groups (broad SMARTS) is 1. The molecule has 212 valence electrons. The van der Waals surface area contributed by atoms with Gasteiger partial charge in [0.2, 0.25) is 11.8 Å². The van der Waals surface area contributed by atoms with E-state index in [9.17, 15) is 29.1 Å². The largest absolute Gasteiger partial charge is 0.497 e. The number of esters is 1. The Labute approximate surface area is 230 Å². The fourth-order valence-corrected chi connectivity index (χ4v) is 4.30. The minimum Gasteiger partial charge on any atom is -0.497 e. The van der Waals surface area contributed by atoms with Crippen LogP contribution in [0.1, 0.15) is 27.9 Å². The number of nitrogens with one attached hydrogen (secondary N) is 2. The molecule has 1 fully saturated rings. The van der Waals surface area contributed by atoms with Crippen molar-refractivity contribution in [2.75, 3.05) is 33.9 Å². The normalized spacial score (nSPS) is 15.7. The van der Waals surface area contributed by atoms with Crippen LogP contribution in [0.25, 0.3) is 0 Å². The van der Waals surface area contributed by atoms with Gasteiger partial charge in [-0.1, -0.05) is 24.3 Å². The van der Waals surface area contributed by atoms with Gasteiger partial charge in [-0.25, -0.2) is 0 Å². The Hall–Kier alpha value is -4.94. The number of aliphatic carboxylic acids is 1. The Morgan fingerprint density at radius 2 is 1.68 bits per heavy atom. The molecule has 2 aromatic carbocycles. The number of amides is 3. The van der Waals surface area contributed by atoms with E-state index in [1.807, 2.05) is 0 Å². The van der Waals surface area contributed by atoms with Gasteiger partial charge in [0.25, 0.3) is 5.91 Å². The molecule has 0 aromatic heterocycles. The van der Waals surface area contributed by atoms with Crippen LogP contribution in [-0.2, 0) is 30.3 Å². The molecule has 13 heteroatoms. The molecule has 2 atom stereocenters. The second kappa shape index (κ2) is 13.2. The lowest BCUT2D eigenvalue weighted by Gasteiger charge is -2.41. The Kier molecular flexibility index (Phi) is 9.79. The molecule has 40 heavy (non-hydrogen) atoms. The van der Waals surface area contributed by atoms with Crippen LogP contribution in [0.2, 0.25) is 0 Å². The van der Waals surface area contributed by atoms with Crippen LogP contribution in [0, 0.1) is 5.41 Å². The fraction of sp³-hybridized carbons (Fsp3) is 0.333. The minimum atomic E-state index is -1.31. The number of benzene rings is 2. The lowest BCUT2D eigenvalue weighted by molar-refractivity contribution is -0.159. The standard InChI is InChI=1S/C27H31N5O8/c1-39-19-9-3-16(4-10-19)13-20(30-25(36)18-7-5-17(6-8-18)24(28)29)26(37)32-12-11-31(15-22(33)34)27(38)21(32)14-23(35)40-2/h3-10,20-21H,11-15H2,1-2H3,(H3,28,29)(H,30,36)(H,33,34)/t20-,21-/m0/s1. The summed E-state index contributed by atoms with van der Waals surface area (Å²) < 4.78 is 9.88. The maximum atomic E-state index is 13.9. The van der Waals surface area contributed by atoms with Crippen molar-refractivity contribution < 1.29 is 38.6 Å². The lowest BCUT2D eigenvalue weighted by Crippen LogP contribution is -2.63. The summed E-state index contributed by atoms with van der Waals surface area (Å²) in [6, 6.07) is 10.4. The molecule has 1 aliphatic rings. The summed E-state index contributed by atoms with van der Waals surface area (Å²) in [5.74, 6) is -3.46. The SMILES string of the molecule is COC(=O)C[C@H]1C(=O)N(CC(=O)O)CCN1C(=O)[C@H](Cc1ccc(OC)cc1)NC(=O)c1ccc(C(=N)N)cc1. The van der Waals surface area contributed by atoms with E-state index < -0.39 is 54.7 Å². The van der Waals surface area contributed by atoms with E-state index in [-0.39, 0.29) is 30.9 Å². The number of carboxylic acids is 1. The van der Waals surface area contributed by atoms with E-state index in [1.165, 1.54) is 36.3 Å². The van der Waals surface area contributed by atoms with Gasteiger partial charge in [0.05, 0.1) is 20.6 Å². The number of hydrogen-bond donors (Lipinski definition) is 4. The molecule has 13 nitrogen and oxygen atoms in total. The number of nitrogens with zero attached hydrogens (tertiary/aromatic N) is 2. The number of piperazine rings is 1. The predicted molar refractivity (Wildman–Crippen MR) is 142 cm³/mol. The maximum absolute atomic E-state index is 13.9. The fourth-order valence-electron chi connectivity index (χ4n) is 4.30. The minimum absolute atomic E-state index is 0.0502. The number of methoxy groups -OCH3 is 2. The highest BCUT2D eigenvalue weighted by Crippen LogP contribution is 2.20. The van der Waals surface area contributed by atoms with Gasteiger partial charge in [-0.15, -0.1) is 0 Å². The summed E-state index contributed by atoms with van der Waals surface area (Å²) in [6.45, 7) is -0.702. The molecule has 3 amide bonds. The zero-order chi connectivity index (χ0) is 29.4. The number of carbonyl (C=O) groups is 5. The van der Waals surface area contributed by atoms with Crippen molar-refractivity contribution in [1.29, 1.82) is 5.41 Å². The second-order valence-electron chi connectivity index (χ2n) is 9.05. The molecule has 1 saturated heterocycles. The molecular weight excluding hydrogens is 522 g/mol. The molecule has 5 N–H and O–H groups in total. The number of ether oxygens (including phenoxy) is 2. The highest BCUT2D eigenvalue weighted by molar-refractivity contribution is 6.01. The molecule has 2 aromatic rings. The van der Waals surface area contributed by atoms with Crippen molar-refractivity contribution in [2.24, 2.45) is 5.73 Å². The zero-order valence-electron chi connectivity index (χ0n) is 22.1. The van der Waals surface area contributed by atoms with Gasteiger partial charge < -0.3 is 35.4 Å². The molecule has 0 saturated carbocycles. The highest BCUT2D eigenvalue weighted by atomic mass is 16.5. The van der Waals surface area contributed by atoms with Crippen molar-refractivity contribution in [3.8, 4) is 5.75 Å². The summed E-state index contributed by atoms with van der Waals surface area (Å²) >= 11 is 0. The van der Waals surface area contributed by atoms with Crippen LogP contribution in [0.4, 0.5) is 0 Å². The molecule has 1 aliphatic heterocycles. The van der Waals surface area contributed by atoms with Gasteiger partial charge in [0, 0.05) is 30.6 Å². The van der Waals surface area contributed by atoms with E-state index in [0.29, 0.717) is 16.9 Å². The third kappa shape index (κ3) is 7.34. The molecule has 0 radical (unpaired) electrons. The predicted octanol–water partition coefficient (Wildman–Crippen LogP) is 0.00747. The van der Waals surface area contributed by atoms with Gasteiger partial charge in [0.15, 0.2) is 0 Å². The van der Waals surface area contributed by atoms with Gasteiger partial charge in [-0.3, -0.25) is 29.4 Å². The van der Waals surface area contributed by atoms with E-state index in [0.717, 1.165) is 12.0 Å². The van der Waals surface area contributed by atoms with Gasteiger partial charge in [-0.05, 0) is 29.8 Å². The van der Waals surface area contributed by atoms with Crippen LogP contribution in [-0.4, -0.2) is 96.3 Å². The molecule has 0 spiro atoms. The summed E-state index contributed by atoms with van der Waals surface area (Å²) in [5, 5.41) is 19.4. The smallest absolute Gasteiger partial charge is 0.323 e. The number of hydrogen-bond acceptors (Lipinski definition) is 8. The van der Waals surface area contributed by atoms with Crippen molar-refractivity contribution in [1.82, 2.24) is 15.1 Å². The van der Waals surface area contributed by atoms with Gasteiger partial charge >= 0.3 is 11.9 Å². The first-order chi connectivity index (χ1) is 19.0. The maximum Gasteiger partial charge on any atom is 0.323 e. The van der Waals surface area contributed by atoms with Crippen LogP contribution in [0.3, 0.4) is 0 Å². The third-order valence-electron chi connectivity index (χ3n) is 6.44. The van der Waals surface area contributed by atoms with Crippen LogP contribution < -0.4 is 15.8 Å². The van der Waals surface area contributed by atoms with E-state index in [1.54, 1.807) is 24.3 Å². The van der Waals surface area contributed by atoms with Crippen molar-refractivity contribution >= 4 is 35.5 Å². The molecule has 1 heterocycles. The summed E-state index contributed by atoms with van der Waals surface area (Å²) in [4.78, 5) is 65.8. The van der Waals surface area contributed by atoms with Gasteiger partial charge in [-0.2, -0.15) is 0 Å². The molecule has 3 rings (SSSR count). The number of rotatable bonds is 11. The van der Waals surface area contributed by atoms with E-state index >= 15 is 0 Å². The molecular formula is C27H31N5O8. The van der Waals surface area contributed by atoms with E-state index in [4.69, 9.17) is 20.6 Å². The lowest BCUT2D eigenvalue weighted by atomic mass is 10.0. The third-order valence-corrected chi connectivity index (χ3v) is 6.44. The molecule has 0 unspecified atom stereocenters. The monoisotopic (exact) mass is 553 g/mol. The summed E-state index contributed by atoms with van der Waals surface area (Å²) in [5.41, 5.74) is 6.80. The summed E-state index contributed by atoms with van der Waals surface area (Å²) in [7, 11) is 2.66. The van der Waals surface area contributed by atoms with Crippen LogP contribution in [0.5, 0.6) is 5.75 Å². The van der Waals surface area contributed by atoms with Crippen molar-refractivity contribution in [3.63, 3.8) is 0 Å². The van der Waals surface area contributed by atoms with Crippen molar-refractivity contribution in [3.05, 3.63) is 65.2 Å². The average molecular weight is 554 g/mol. The Bertz CT molecular complexity index is 1280. The van der Waals surface area contributed by atoms with Crippen LogP contribution in [0.15, 0.2) is 48.5 Å². The molecule has 0 bridgehead atoms. The quantitative estimate of drug-likeness (QED) is 0.168. The van der Waals surface area contributed by atoms with Crippen molar-refractivity contribution in [2.45, 2.75) is 24.9 Å². The first kappa shape index (κ1) is 29.6.